The number of fused-ring (bicyclic) bond motifs is 1. The van der Waals surface area contributed by atoms with E-state index >= 15 is 0 Å². The van der Waals surface area contributed by atoms with Crippen molar-refractivity contribution in [3.8, 4) is 11.3 Å². The van der Waals surface area contributed by atoms with Crippen LogP contribution in [0.15, 0.2) is 58.0 Å². The average Bonchev–Trinajstić information content (AvgIpc) is 2.74. The lowest BCUT2D eigenvalue weighted by molar-refractivity contribution is 0.0921. The minimum Gasteiger partial charge on any atom is -0.391 e. The number of β-amino-alcohol motifs (C(OH)–C–C–N with tert-alkyl or cyclic N) is 1. The van der Waals surface area contributed by atoms with Crippen molar-refractivity contribution >= 4 is 38.5 Å². The molecule has 1 unspecified atom stereocenters. The second-order valence-corrected chi connectivity index (χ2v) is 9.40. The van der Waals surface area contributed by atoms with Crippen LogP contribution in [0, 0.1) is 0 Å². The number of nitrogens with zero attached hydrogens (tertiary/aromatic N) is 4. The fraction of sp³-hybridized carbons (Fsp3) is 0.364. The monoisotopic (exact) mass is 472 g/mol. The Morgan fingerprint density at radius 1 is 1.00 bits per heavy atom. The highest BCUT2D eigenvalue weighted by Crippen LogP contribution is 2.32. The molecule has 3 aromatic rings. The molecule has 0 saturated carbocycles. The predicted octanol–water partition coefficient (Wildman–Crippen LogP) is 3.76. The van der Waals surface area contributed by atoms with Gasteiger partial charge in [-0.3, -0.25) is 4.90 Å². The van der Waals surface area contributed by atoms with Crippen molar-refractivity contribution in [1.29, 1.82) is 0 Å². The molecule has 1 N–H and O–H groups in total. The van der Waals surface area contributed by atoms with E-state index < -0.39 is 0 Å². The van der Waals surface area contributed by atoms with Crippen LogP contribution in [0.1, 0.15) is 0 Å². The number of aliphatic hydroxyl groups excluding tert-OH is 1. The SMILES string of the molecule is CN1CCN(CC(O)CSc2nnc(-c3ccc(Br)cc3)c3ccccc23)CC1. The molecule has 1 saturated heterocycles. The molecule has 7 heteroatoms. The van der Waals surface area contributed by atoms with Crippen LogP contribution >= 0.6 is 27.7 Å². The van der Waals surface area contributed by atoms with Crippen LogP contribution in [-0.4, -0.2) is 76.7 Å². The van der Waals surface area contributed by atoms with Crippen molar-refractivity contribution in [2.24, 2.45) is 0 Å². The summed E-state index contributed by atoms with van der Waals surface area (Å²) in [5.74, 6) is 0.614. The third-order valence-corrected chi connectivity index (χ3v) is 6.90. The molecule has 0 bridgehead atoms. The Morgan fingerprint density at radius 2 is 1.69 bits per heavy atom. The quantitative estimate of drug-likeness (QED) is 0.551. The van der Waals surface area contributed by atoms with Gasteiger partial charge in [0.05, 0.1) is 6.10 Å². The van der Waals surface area contributed by atoms with Gasteiger partial charge in [0.2, 0.25) is 0 Å². The van der Waals surface area contributed by atoms with Crippen LogP contribution in [0.4, 0.5) is 0 Å². The van der Waals surface area contributed by atoms with Crippen LogP contribution < -0.4 is 0 Å². The minimum absolute atomic E-state index is 0.380. The van der Waals surface area contributed by atoms with Gasteiger partial charge in [-0.1, -0.05) is 52.3 Å². The second-order valence-electron chi connectivity index (χ2n) is 7.47. The van der Waals surface area contributed by atoms with E-state index in [0.717, 1.165) is 57.7 Å². The summed E-state index contributed by atoms with van der Waals surface area (Å²) in [6.07, 6.45) is -0.380. The number of hydrogen-bond acceptors (Lipinski definition) is 6. The maximum atomic E-state index is 10.5. The lowest BCUT2D eigenvalue weighted by Gasteiger charge is -2.33. The zero-order chi connectivity index (χ0) is 20.2. The number of piperazine rings is 1. The molecule has 1 aromatic heterocycles. The van der Waals surface area contributed by atoms with Gasteiger partial charge in [0, 0.05) is 59.3 Å². The molecule has 1 aliphatic heterocycles. The first-order valence-electron chi connectivity index (χ1n) is 9.83. The fourth-order valence-corrected chi connectivity index (χ4v) is 4.72. The molecular formula is C22H25BrN4OS. The molecule has 152 valence electrons. The molecule has 1 aliphatic rings. The Bertz CT molecular complexity index is 961. The predicted molar refractivity (Wildman–Crippen MR) is 123 cm³/mol. The average molecular weight is 473 g/mol. The highest BCUT2D eigenvalue weighted by Gasteiger charge is 2.18. The summed E-state index contributed by atoms with van der Waals surface area (Å²) in [5.41, 5.74) is 1.93. The van der Waals surface area contributed by atoms with Crippen molar-refractivity contribution in [3.05, 3.63) is 53.0 Å². The van der Waals surface area contributed by atoms with Crippen molar-refractivity contribution in [2.75, 3.05) is 45.5 Å². The Kier molecular flexibility index (Phi) is 6.82. The molecule has 5 nitrogen and oxygen atoms in total. The van der Waals surface area contributed by atoms with Crippen molar-refractivity contribution in [1.82, 2.24) is 20.0 Å². The first-order valence-corrected chi connectivity index (χ1v) is 11.6. The van der Waals surface area contributed by atoms with E-state index in [1.807, 2.05) is 36.4 Å². The minimum atomic E-state index is -0.380. The van der Waals surface area contributed by atoms with Gasteiger partial charge in [-0.15, -0.1) is 22.0 Å². The molecule has 1 fully saturated rings. The summed E-state index contributed by atoms with van der Waals surface area (Å²) >= 11 is 5.07. The number of aromatic nitrogens is 2. The summed E-state index contributed by atoms with van der Waals surface area (Å²) < 4.78 is 1.04. The normalized spacial score (nSPS) is 16.9. The zero-order valence-corrected chi connectivity index (χ0v) is 18.9. The molecule has 2 heterocycles. The van der Waals surface area contributed by atoms with Crippen molar-refractivity contribution < 1.29 is 5.11 Å². The van der Waals surface area contributed by atoms with Crippen LogP contribution in [-0.2, 0) is 0 Å². The van der Waals surface area contributed by atoms with E-state index in [2.05, 4.69) is 55.1 Å². The van der Waals surface area contributed by atoms with E-state index in [1.54, 1.807) is 11.8 Å². The summed E-state index contributed by atoms with van der Waals surface area (Å²) in [6, 6.07) is 16.4. The van der Waals surface area contributed by atoms with E-state index in [1.165, 1.54) is 0 Å². The Hall–Kier alpha value is -1.51. The van der Waals surface area contributed by atoms with Crippen LogP contribution in [0.3, 0.4) is 0 Å². The Morgan fingerprint density at radius 3 is 2.41 bits per heavy atom. The van der Waals surface area contributed by atoms with Crippen LogP contribution in [0.2, 0.25) is 0 Å². The number of thioether (sulfide) groups is 1. The van der Waals surface area contributed by atoms with E-state index in [-0.39, 0.29) is 6.10 Å². The summed E-state index contributed by atoms with van der Waals surface area (Å²) in [5, 5.41) is 22.6. The van der Waals surface area contributed by atoms with Gasteiger partial charge < -0.3 is 10.0 Å². The maximum Gasteiger partial charge on any atom is 0.127 e. The molecule has 2 aromatic carbocycles. The lowest BCUT2D eigenvalue weighted by Crippen LogP contribution is -2.47. The second kappa shape index (κ2) is 9.53. The third-order valence-electron chi connectivity index (χ3n) is 5.25. The largest absolute Gasteiger partial charge is 0.391 e. The van der Waals surface area contributed by atoms with Crippen LogP contribution in [0.5, 0.6) is 0 Å². The highest BCUT2D eigenvalue weighted by molar-refractivity contribution is 9.10. The molecule has 4 rings (SSSR count). The number of hydrogen-bond donors (Lipinski definition) is 1. The van der Waals surface area contributed by atoms with E-state index in [4.69, 9.17) is 0 Å². The molecule has 1 atom stereocenters. The van der Waals surface area contributed by atoms with Crippen LogP contribution in [0.25, 0.3) is 22.0 Å². The number of likely N-dealkylation sites (N-methyl/N-ethyl adjacent to an activating group) is 1. The molecule has 29 heavy (non-hydrogen) atoms. The molecule has 0 radical (unpaired) electrons. The number of aliphatic hydroxyl groups is 1. The van der Waals surface area contributed by atoms with Gasteiger partial charge in [0.1, 0.15) is 10.7 Å². The topological polar surface area (TPSA) is 52.5 Å². The summed E-state index contributed by atoms with van der Waals surface area (Å²) in [4.78, 5) is 4.66. The van der Waals surface area contributed by atoms with Crippen molar-refractivity contribution in [2.45, 2.75) is 11.1 Å². The van der Waals surface area contributed by atoms with E-state index in [9.17, 15) is 5.11 Å². The van der Waals surface area contributed by atoms with Gasteiger partial charge in [0.15, 0.2) is 0 Å². The molecule has 0 aliphatic carbocycles. The van der Waals surface area contributed by atoms with E-state index in [0.29, 0.717) is 12.3 Å². The third kappa shape index (κ3) is 5.16. The number of halogens is 1. The Labute approximate surface area is 184 Å². The Balaban J connectivity index is 1.48. The number of rotatable bonds is 6. The standard InChI is InChI=1S/C22H25BrN4OS/c1-26-10-12-27(13-11-26)14-18(28)15-29-22-20-5-3-2-4-19(20)21(24-25-22)16-6-8-17(23)9-7-16/h2-9,18,28H,10-15H2,1H3. The van der Waals surface area contributed by atoms with Crippen molar-refractivity contribution in [3.63, 3.8) is 0 Å². The smallest absolute Gasteiger partial charge is 0.127 e. The first-order chi connectivity index (χ1) is 14.1. The van der Waals surface area contributed by atoms with Gasteiger partial charge >= 0.3 is 0 Å². The first kappa shape index (κ1) is 20.8. The van der Waals surface area contributed by atoms with Gasteiger partial charge in [-0.2, -0.15) is 0 Å². The molecule has 0 amide bonds. The fourth-order valence-electron chi connectivity index (χ4n) is 3.56. The highest BCUT2D eigenvalue weighted by atomic mass is 79.9. The molecule has 0 spiro atoms. The molecular weight excluding hydrogens is 448 g/mol. The maximum absolute atomic E-state index is 10.5. The van der Waals surface area contributed by atoms with Gasteiger partial charge in [-0.05, 0) is 19.2 Å². The summed E-state index contributed by atoms with van der Waals surface area (Å²) in [6.45, 7) is 4.87. The number of benzene rings is 2. The summed E-state index contributed by atoms with van der Waals surface area (Å²) in [7, 11) is 2.14. The lowest BCUT2D eigenvalue weighted by atomic mass is 10.1. The van der Waals surface area contributed by atoms with Gasteiger partial charge in [-0.25, -0.2) is 0 Å². The van der Waals surface area contributed by atoms with Gasteiger partial charge in [0.25, 0.3) is 0 Å². The zero-order valence-electron chi connectivity index (χ0n) is 16.5.